The van der Waals surface area contributed by atoms with Gasteiger partial charge in [-0.1, -0.05) is 23.2 Å². The predicted octanol–water partition coefficient (Wildman–Crippen LogP) is 4.71. The van der Waals surface area contributed by atoms with Gasteiger partial charge in [0.1, 0.15) is 5.75 Å². The second-order valence-electron chi connectivity index (χ2n) is 5.07. The van der Waals surface area contributed by atoms with E-state index in [1.165, 1.54) is 18.2 Å². The van der Waals surface area contributed by atoms with E-state index in [2.05, 4.69) is 15.3 Å². The molecular weight excluding hydrogens is 370 g/mol. The normalized spacial score (nSPS) is 11.7. The molecule has 1 aromatic heterocycles. The molecule has 2 rings (SSSR count). The van der Waals surface area contributed by atoms with Gasteiger partial charge in [0.15, 0.2) is 5.69 Å². The molecule has 0 fully saturated rings. The van der Waals surface area contributed by atoms with Crippen molar-refractivity contribution >= 4 is 29.2 Å². The first-order valence-electron chi connectivity index (χ1n) is 6.69. The lowest BCUT2D eigenvalue weighted by molar-refractivity contribution is -0.142. The fourth-order valence-corrected chi connectivity index (χ4v) is 2.04. The number of anilines is 1. The summed E-state index contributed by atoms with van der Waals surface area (Å²) >= 11 is 11.5. The van der Waals surface area contributed by atoms with E-state index in [-0.39, 0.29) is 27.8 Å². The van der Waals surface area contributed by atoms with Crippen LogP contribution in [0, 0.1) is 0 Å². The lowest BCUT2D eigenvalue weighted by Gasteiger charge is -2.15. The molecule has 1 aromatic carbocycles. The van der Waals surface area contributed by atoms with Crippen LogP contribution in [0.25, 0.3) is 0 Å². The Kier molecular flexibility index (Phi) is 5.29. The molecular formula is C14H12Cl2F3N3O2. The summed E-state index contributed by atoms with van der Waals surface area (Å²) in [5.74, 6) is -1.36. The quantitative estimate of drug-likeness (QED) is 0.804. The number of rotatable bonds is 4. The monoisotopic (exact) mass is 381 g/mol. The lowest BCUT2D eigenvalue weighted by Crippen LogP contribution is -2.23. The van der Waals surface area contributed by atoms with Gasteiger partial charge in [0.05, 0.1) is 10.0 Å². The molecule has 0 aliphatic heterocycles. The highest BCUT2D eigenvalue weighted by atomic mass is 35.5. The van der Waals surface area contributed by atoms with Crippen molar-refractivity contribution in [2.24, 2.45) is 0 Å². The highest BCUT2D eigenvalue weighted by Crippen LogP contribution is 2.36. The second kappa shape index (κ2) is 6.90. The third kappa shape index (κ3) is 4.33. The molecule has 0 bridgehead atoms. The second-order valence-corrected chi connectivity index (χ2v) is 5.88. The van der Waals surface area contributed by atoms with Gasteiger partial charge >= 0.3 is 6.18 Å². The number of aromatic amines is 1. The number of ether oxygens (including phenoxy) is 1. The maximum atomic E-state index is 13.2. The fourth-order valence-electron chi connectivity index (χ4n) is 1.75. The molecule has 0 radical (unpaired) electrons. The number of benzene rings is 1. The van der Waals surface area contributed by atoms with Crippen molar-refractivity contribution in [2.45, 2.75) is 26.1 Å². The Morgan fingerprint density at radius 2 is 1.92 bits per heavy atom. The number of hydrogen-bond acceptors (Lipinski definition) is 4. The van der Waals surface area contributed by atoms with Crippen LogP contribution in [-0.2, 0) is 6.18 Å². The summed E-state index contributed by atoms with van der Waals surface area (Å²) in [6, 6.07) is 3.59. The maximum absolute atomic E-state index is 13.2. The van der Waals surface area contributed by atoms with Gasteiger partial charge < -0.3 is 10.1 Å². The summed E-state index contributed by atoms with van der Waals surface area (Å²) in [5, 5.41) is 2.88. The van der Waals surface area contributed by atoms with Crippen LogP contribution in [-0.4, -0.2) is 16.0 Å². The van der Waals surface area contributed by atoms with Crippen LogP contribution >= 0.6 is 23.2 Å². The number of alkyl halides is 3. The highest BCUT2D eigenvalue weighted by molar-refractivity contribution is 6.42. The molecule has 0 atom stereocenters. The van der Waals surface area contributed by atoms with Crippen molar-refractivity contribution in [3.8, 4) is 11.5 Å². The number of nitrogens with zero attached hydrogens (tertiary/aromatic N) is 1. The van der Waals surface area contributed by atoms with Gasteiger partial charge in [0.25, 0.3) is 5.56 Å². The molecule has 0 saturated heterocycles. The molecule has 0 aliphatic rings. The minimum absolute atomic E-state index is 0.0743. The van der Waals surface area contributed by atoms with Gasteiger partial charge in [-0.25, -0.2) is 4.98 Å². The van der Waals surface area contributed by atoms with Crippen LogP contribution < -0.4 is 15.6 Å². The standard InChI is InChI=1S/C14H12Cl2F3N3O2/c1-6(2)20-13-21-11(14(17,18)19)10(12(23)22-13)24-7-3-4-8(15)9(16)5-7/h3-6H,1-2H3,(H2,20,21,22,23). The summed E-state index contributed by atoms with van der Waals surface area (Å²) in [7, 11) is 0. The van der Waals surface area contributed by atoms with Crippen LogP contribution in [0.5, 0.6) is 11.5 Å². The van der Waals surface area contributed by atoms with E-state index in [1.54, 1.807) is 13.8 Å². The van der Waals surface area contributed by atoms with Gasteiger partial charge in [0, 0.05) is 12.1 Å². The number of nitrogens with one attached hydrogen (secondary N) is 2. The van der Waals surface area contributed by atoms with Gasteiger partial charge in [-0.2, -0.15) is 13.2 Å². The molecule has 0 aliphatic carbocycles. The van der Waals surface area contributed by atoms with Crippen molar-refractivity contribution in [3.63, 3.8) is 0 Å². The number of halogens is 5. The van der Waals surface area contributed by atoms with E-state index in [4.69, 9.17) is 27.9 Å². The van der Waals surface area contributed by atoms with Crippen molar-refractivity contribution in [1.82, 2.24) is 9.97 Å². The van der Waals surface area contributed by atoms with Gasteiger partial charge in [-0.15, -0.1) is 0 Å². The van der Waals surface area contributed by atoms with Crippen LogP contribution in [0.1, 0.15) is 19.5 Å². The first kappa shape index (κ1) is 18.4. The third-order valence-electron chi connectivity index (χ3n) is 2.68. The lowest BCUT2D eigenvalue weighted by atomic mass is 10.3. The van der Waals surface area contributed by atoms with Crippen molar-refractivity contribution in [2.75, 3.05) is 5.32 Å². The molecule has 1 heterocycles. The molecule has 130 valence electrons. The summed E-state index contributed by atoms with van der Waals surface area (Å²) in [6.07, 6.45) is -4.88. The Balaban J connectivity index is 2.51. The first-order valence-corrected chi connectivity index (χ1v) is 7.44. The summed E-state index contributed by atoms with van der Waals surface area (Å²) in [4.78, 5) is 17.6. The summed E-state index contributed by atoms with van der Waals surface area (Å²) in [5.41, 5.74) is -2.52. The molecule has 0 unspecified atom stereocenters. The molecule has 0 amide bonds. The van der Waals surface area contributed by atoms with Gasteiger partial charge in [-0.05, 0) is 26.0 Å². The average Bonchev–Trinajstić information content (AvgIpc) is 2.43. The van der Waals surface area contributed by atoms with E-state index in [0.29, 0.717) is 0 Å². The van der Waals surface area contributed by atoms with Gasteiger partial charge in [0.2, 0.25) is 11.7 Å². The molecule has 0 spiro atoms. The summed E-state index contributed by atoms with van der Waals surface area (Å²) in [6.45, 7) is 3.38. The first-order chi connectivity index (χ1) is 11.1. The topological polar surface area (TPSA) is 67.0 Å². The van der Waals surface area contributed by atoms with Crippen LogP contribution in [0.15, 0.2) is 23.0 Å². The molecule has 24 heavy (non-hydrogen) atoms. The highest BCUT2D eigenvalue weighted by Gasteiger charge is 2.39. The molecule has 0 saturated carbocycles. The smallest absolute Gasteiger partial charge is 0.437 e. The van der Waals surface area contributed by atoms with Crippen LogP contribution in [0.4, 0.5) is 19.1 Å². The van der Waals surface area contributed by atoms with E-state index in [9.17, 15) is 18.0 Å². The Morgan fingerprint density at radius 1 is 1.25 bits per heavy atom. The van der Waals surface area contributed by atoms with Crippen molar-refractivity contribution < 1.29 is 17.9 Å². The van der Waals surface area contributed by atoms with E-state index in [0.717, 1.165) is 0 Å². The van der Waals surface area contributed by atoms with E-state index < -0.39 is 23.2 Å². The van der Waals surface area contributed by atoms with Crippen LogP contribution in [0.3, 0.4) is 0 Å². The third-order valence-corrected chi connectivity index (χ3v) is 3.42. The minimum atomic E-state index is -4.88. The molecule has 5 nitrogen and oxygen atoms in total. The fraction of sp³-hybridized carbons (Fsp3) is 0.286. The zero-order chi connectivity index (χ0) is 18.1. The maximum Gasteiger partial charge on any atom is 0.437 e. The number of aromatic nitrogens is 2. The van der Waals surface area contributed by atoms with E-state index in [1.807, 2.05) is 0 Å². The summed E-state index contributed by atoms with van der Waals surface area (Å²) < 4.78 is 44.7. The average molecular weight is 382 g/mol. The minimum Gasteiger partial charge on any atom is -0.449 e. The van der Waals surface area contributed by atoms with Gasteiger partial charge in [-0.3, -0.25) is 9.78 Å². The number of H-pyrrole nitrogens is 1. The van der Waals surface area contributed by atoms with Crippen LogP contribution in [0.2, 0.25) is 10.0 Å². The van der Waals surface area contributed by atoms with Crippen molar-refractivity contribution in [1.29, 1.82) is 0 Å². The zero-order valence-corrected chi connectivity index (χ0v) is 14.0. The Morgan fingerprint density at radius 3 is 2.46 bits per heavy atom. The molecule has 2 N–H and O–H groups in total. The SMILES string of the molecule is CC(C)Nc1nc(C(F)(F)F)c(Oc2ccc(Cl)c(Cl)c2)c(=O)[nH]1. The van der Waals surface area contributed by atoms with E-state index >= 15 is 0 Å². The zero-order valence-electron chi connectivity index (χ0n) is 12.5. The predicted molar refractivity (Wildman–Crippen MR) is 85.2 cm³/mol. The largest absolute Gasteiger partial charge is 0.449 e. The Bertz CT molecular complexity index is 807. The Labute approximate surface area is 144 Å². The number of hydrogen-bond donors (Lipinski definition) is 2. The molecule has 2 aromatic rings. The van der Waals surface area contributed by atoms with Crippen molar-refractivity contribution in [3.05, 3.63) is 44.3 Å². The Hall–Kier alpha value is -1.93. The molecule has 10 heteroatoms.